The molecule has 3 rings (SSSR count). The van der Waals surface area contributed by atoms with Gasteiger partial charge in [-0.1, -0.05) is 18.2 Å². The molecule has 2 aromatic carbocycles. The Kier molecular flexibility index (Phi) is 8.05. The van der Waals surface area contributed by atoms with Crippen LogP contribution in [0.3, 0.4) is 0 Å². The Labute approximate surface area is 191 Å². The fourth-order valence-corrected chi connectivity index (χ4v) is 4.90. The van der Waals surface area contributed by atoms with Crippen LogP contribution in [0.4, 0.5) is 5.69 Å². The first kappa shape index (κ1) is 24.0. The smallest absolute Gasteiger partial charge is 0.324 e. The van der Waals surface area contributed by atoms with Gasteiger partial charge in [-0.05, 0) is 60.7 Å². The summed E-state index contributed by atoms with van der Waals surface area (Å²) in [4.78, 5) is 36.6. The minimum atomic E-state index is -3.92. The Hall–Kier alpha value is -2.69. The van der Waals surface area contributed by atoms with Gasteiger partial charge in [0.05, 0.1) is 4.90 Å². The molecule has 0 saturated heterocycles. The molecule has 1 aliphatic heterocycles. The molecule has 0 aliphatic carbocycles. The van der Waals surface area contributed by atoms with Gasteiger partial charge >= 0.3 is 5.97 Å². The number of sulfonamides is 1. The molecule has 0 aromatic heterocycles. The molecule has 2 aromatic rings. The van der Waals surface area contributed by atoms with Crippen molar-refractivity contribution in [3.05, 3.63) is 59.7 Å². The van der Waals surface area contributed by atoms with Gasteiger partial charge in [0, 0.05) is 17.7 Å². The van der Waals surface area contributed by atoms with Crippen molar-refractivity contribution in [3.63, 3.8) is 0 Å². The lowest BCUT2D eigenvalue weighted by atomic mass is 9.99. The lowest BCUT2D eigenvalue weighted by Crippen LogP contribution is -2.42. The summed E-state index contributed by atoms with van der Waals surface area (Å²) in [6.45, 7) is -0.507. The van der Waals surface area contributed by atoms with E-state index in [1.807, 2.05) is 6.26 Å². The standard InChI is InChI=1S/C22H24N2O6S2/c1-31-12-11-19(24-32(28,29)17-5-3-2-4-6-17)22(27)30-14-20(25)16-7-9-18-15(13-16)8-10-21(26)23-18/h2-7,9,13,19,24H,8,10-12,14H2,1H3,(H,23,26). The lowest BCUT2D eigenvalue weighted by molar-refractivity contribution is -0.144. The fraction of sp³-hybridized carbons (Fsp3) is 0.318. The first-order valence-electron chi connectivity index (χ1n) is 9.99. The number of nitrogens with one attached hydrogen (secondary N) is 2. The number of carbonyl (C=O) groups is 3. The summed E-state index contributed by atoms with van der Waals surface area (Å²) < 4.78 is 32.8. The van der Waals surface area contributed by atoms with Crippen molar-refractivity contribution in [2.45, 2.75) is 30.2 Å². The molecule has 0 saturated carbocycles. The quantitative estimate of drug-likeness (QED) is 0.399. The number of benzene rings is 2. The van der Waals surface area contributed by atoms with Gasteiger partial charge in [-0.3, -0.25) is 14.4 Å². The van der Waals surface area contributed by atoms with Crippen LogP contribution in [0.2, 0.25) is 0 Å². The maximum absolute atomic E-state index is 12.6. The van der Waals surface area contributed by atoms with Crippen LogP contribution < -0.4 is 10.0 Å². The maximum atomic E-state index is 12.6. The van der Waals surface area contributed by atoms with Gasteiger partial charge in [0.15, 0.2) is 12.4 Å². The zero-order chi connectivity index (χ0) is 23.1. The highest BCUT2D eigenvalue weighted by atomic mass is 32.2. The number of thioether (sulfide) groups is 1. The highest BCUT2D eigenvalue weighted by molar-refractivity contribution is 7.98. The number of ether oxygens (including phenoxy) is 1. The van der Waals surface area contributed by atoms with Gasteiger partial charge < -0.3 is 10.1 Å². The number of esters is 1. The van der Waals surface area contributed by atoms with E-state index in [0.29, 0.717) is 29.8 Å². The summed E-state index contributed by atoms with van der Waals surface area (Å²) in [5.41, 5.74) is 1.87. The molecular weight excluding hydrogens is 452 g/mol. The predicted octanol–water partition coefficient (Wildman–Crippen LogP) is 2.40. The molecule has 170 valence electrons. The highest BCUT2D eigenvalue weighted by Crippen LogP contribution is 2.23. The van der Waals surface area contributed by atoms with Crippen LogP contribution in [0.25, 0.3) is 0 Å². The molecule has 1 amide bonds. The first-order chi connectivity index (χ1) is 15.3. The fourth-order valence-electron chi connectivity index (χ4n) is 3.19. The number of anilines is 1. The van der Waals surface area contributed by atoms with E-state index in [1.54, 1.807) is 36.4 Å². The van der Waals surface area contributed by atoms with E-state index < -0.39 is 34.4 Å². The molecule has 0 radical (unpaired) electrons. The van der Waals surface area contributed by atoms with Crippen LogP contribution in [0.5, 0.6) is 0 Å². The van der Waals surface area contributed by atoms with Crippen molar-refractivity contribution in [3.8, 4) is 0 Å². The highest BCUT2D eigenvalue weighted by Gasteiger charge is 2.27. The number of hydrogen-bond acceptors (Lipinski definition) is 7. The van der Waals surface area contributed by atoms with Crippen LogP contribution in [0.15, 0.2) is 53.4 Å². The van der Waals surface area contributed by atoms with E-state index in [-0.39, 0.29) is 17.2 Å². The molecule has 0 spiro atoms. The molecule has 0 fully saturated rings. The summed E-state index contributed by atoms with van der Waals surface area (Å²) >= 11 is 1.46. The van der Waals surface area contributed by atoms with E-state index in [4.69, 9.17) is 4.74 Å². The van der Waals surface area contributed by atoms with E-state index in [9.17, 15) is 22.8 Å². The molecule has 2 N–H and O–H groups in total. The Morgan fingerprint density at radius 1 is 1.16 bits per heavy atom. The van der Waals surface area contributed by atoms with Crippen molar-refractivity contribution in [2.24, 2.45) is 0 Å². The average molecular weight is 477 g/mol. The van der Waals surface area contributed by atoms with E-state index in [2.05, 4.69) is 10.0 Å². The third-order valence-corrected chi connectivity index (χ3v) is 7.05. The molecule has 10 heteroatoms. The first-order valence-corrected chi connectivity index (χ1v) is 12.9. The van der Waals surface area contributed by atoms with Crippen molar-refractivity contribution in [1.82, 2.24) is 4.72 Å². The van der Waals surface area contributed by atoms with E-state index in [0.717, 1.165) is 5.56 Å². The number of rotatable bonds is 10. The zero-order valence-electron chi connectivity index (χ0n) is 17.5. The van der Waals surface area contributed by atoms with Crippen LogP contribution in [0.1, 0.15) is 28.8 Å². The van der Waals surface area contributed by atoms with Crippen LogP contribution in [-0.4, -0.2) is 50.7 Å². The summed E-state index contributed by atoms with van der Waals surface area (Å²) in [6.07, 6.45) is 2.94. The number of amides is 1. The lowest BCUT2D eigenvalue weighted by Gasteiger charge is -2.18. The zero-order valence-corrected chi connectivity index (χ0v) is 19.1. The monoisotopic (exact) mass is 476 g/mol. The Morgan fingerprint density at radius 3 is 2.62 bits per heavy atom. The number of carbonyl (C=O) groups excluding carboxylic acids is 3. The SMILES string of the molecule is CSCCC(NS(=O)(=O)c1ccccc1)C(=O)OCC(=O)c1ccc2c(c1)CCC(=O)N2. The Balaban J connectivity index is 1.65. The van der Waals surface area contributed by atoms with Gasteiger partial charge in [0.2, 0.25) is 15.9 Å². The summed E-state index contributed by atoms with van der Waals surface area (Å²) in [5.74, 6) is -0.758. The van der Waals surface area contributed by atoms with Gasteiger partial charge in [-0.2, -0.15) is 16.5 Å². The van der Waals surface area contributed by atoms with Crippen LogP contribution in [0, 0.1) is 0 Å². The molecule has 1 unspecified atom stereocenters. The van der Waals surface area contributed by atoms with Crippen molar-refractivity contribution < 1.29 is 27.5 Å². The minimum absolute atomic E-state index is 0.0409. The van der Waals surface area contributed by atoms with E-state index in [1.165, 1.54) is 23.9 Å². The molecule has 1 heterocycles. The normalized spacial score (nSPS) is 14.2. The van der Waals surface area contributed by atoms with Gasteiger partial charge in [-0.15, -0.1) is 0 Å². The molecule has 0 bridgehead atoms. The molecular formula is C22H24N2O6S2. The minimum Gasteiger partial charge on any atom is -0.456 e. The predicted molar refractivity (Wildman–Crippen MR) is 122 cm³/mol. The maximum Gasteiger partial charge on any atom is 0.324 e. The third kappa shape index (κ3) is 6.18. The second kappa shape index (κ2) is 10.8. The molecule has 1 aliphatic rings. The van der Waals surface area contributed by atoms with Gasteiger partial charge in [0.1, 0.15) is 6.04 Å². The summed E-state index contributed by atoms with van der Waals surface area (Å²) in [5, 5.41) is 2.74. The van der Waals surface area contributed by atoms with Gasteiger partial charge in [0.25, 0.3) is 0 Å². The van der Waals surface area contributed by atoms with Crippen LogP contribution >= 0.6 is 11.8 Å². The average Bonchev–Trinajstić information content (AvgIpc) is 2.80. The van der Waals surface area contributed by atoms with E-state index >= 15 is 0 Å². The number of aryl methyl sites for hydroxylation is 1. The second-order valence-corrected chi connectivity index (χ2v) is 9.92. The number of hydrogen-bond donors (Lipinski definition) is 2. The molecule has 1 atom stereocenters. The van der Waals surface area contributed by atoms with Crippen LogP contribution in [-0.2, 0) is 30.8 Å². The van der Waals surface area contributed by atoms with Crippen molar-refractivity contribution >= 4 is 45.1 Å². The Bertz CT molecular complexity index is 1100. The number of fused-ring (bicyclic) bond motifs is 1. The third-order valence-electron chi connectivity index (χ3n) is 4.91. The van der Waals surface area contributed by atoms with Crippen molar-refractivity contribution in [2.75, 3.05) is 23.9 Å². The molecule has 32 heavy (non-hydrogen) atoms. The Morgan fingerprint density at radius 2 is 1.91 bits per heavy atom. The topological polar surface area (TPSA) is 119 Å². The van der Waals surface area contributed by atoms with Gasteiger partial charge in [-0.25, -0.2) is 8.42 Å². The second-order valence-electron chi connectivity index (χ2n) is 7.22. The number of ketones is 1. The molecule has 8 nitrogen and oxygen atoms in total. The summed E-state index contributed by atoms with van der Waals surface area (Å²) in [6, 6.07) is 11.5. The van der Waals surface area contributed by atoms with Crippen molar-refractivity contribution in [1.29, 1.82) is 0 Å². The number of Topliss-reactive ketones (excluding diaryl/α,β-unsaturated/α-hetero) is 1. The largest absolute Gasteiger partial charge is 0.456 e. The summed E-state index contributed by atoms with van der Waals surface area (Å²) in [7, 11) is -3.92.